The van der Waals surface area contributed by atoms with Crippen LogP contribution in [-0.4, -0.2) is 30.9 Å². The Morgan fingerprint density at radius 3 is 2.46 bits per heavy atom. The Hall–Kier alpha value is -2.59. The summed E-state index contributed by atoms with van der Waals surface area (Å²) in [5.41, 5.74) is 5.14. The number of pyridine rings is 1. The summed E-state index contributed by atoms with van der Waals surface area (Å²) in [5.74, 6) is 0. The van der Waals surface area contributed by atoms with Gasteiger partial charge in [0.15, 0.2) is 5.43 Å². The number of morpholine rings is 1. The minimum absolute atomic E-state index is 0.124. The first kappa shape index (κ1) is 16.9. The van der Waals surface area contributed by atoms with E-state index in [1.54, 1.807) is 0 Å². The number of nitrogens with zero attached hydrogens (tertiary/aromatic N) is 2. The molecule has 1 aromatic heterocycles. The lowest BCUT2D eigenvalue weighted by atomic mass is 10.0. The smallest absolute Gasteiger partial charge is 0.193 e. The number of anilines is 1. The average molecular weight is 348 g/mol. The molecule has 0 saturated carbocycles. The zero-order chi connectivity index (χ0) is 18.1. The van der Waals surface area contributed by atoms with Gasteiger partial charge in [-0.2, -0.15) is 0 Å². The van der Waals surface area contributed by atoms with E-state index in [4.69, 9.17) is 4.74 Å². The fraction of sp³-hybridized carbons (Fsp3) is 0.318. The number of aryl methyl sites for hydroxylation is 1. The van der Waals surface area contributed by atoms with E-state index in [0.29, 0.717) is 0 Å². The van der Waals surface area contributed by atoms with E-state index in [-0.39, 0.29) is 5.43 Å². The average Bonchev–Trinajstić information content (AvgIpc) is 2.71. The van der Waals surface area contributed by atoms with Crippen molar-refractivity contribution < 1.29 is 4.74 Å². The molecule has 0 bridgehead atoms. The molecule has 2 heterocycles. The maximum Gasteiger partial charge on any atom is 0.193 e. The molecule has 1 saturated heterocycles. The first-order valence-electron chi connectivity index (χ1n) is 9.26. The summed E-state index contributed by atoms with van der Waals surface area (Å²) in [4.78, 5) is 15.5. The van der Waals surface area contributed by atoms with Gasteiger partial charge >= 0.3 is 0 Å². The standard InChI is InChI=1S/C22H24N2O2/c1-3-24-20-10-9-18(23-11-13-26-14-12-23)15-19(20)22(25)16(2)21(24)17-7-5-4-6-8-17/h4-10,15H,3,11-14H2,1-2H3. The molecule has 0 atom stereocenters. The van der Waals surface area contributed by atoms with Crippen molar-refractivity contribution in [3.63, 3.8) is 0 Å². The Balaban J connectivity index is 1.94. The Morgan fingerprint density at radius 2 is 1.77 bits per heavy atom. The minimum Gasteiger partial charge on any atom is -0.378 e. The van der Waals surface area contributed by atoms with Crippen LogP contribution in [0.15, 0.2) is 53.3 Å². The van der Waals surface area contributed by atoms with Gasteiger partial charge in [-0.1, -0.05) is 30.3 Å². The Kier molecular flexibility index (Phi) is 4.51. The molecule has 4 heteroatoms. The van der Waals surface area contributed by atoms with Crippen molar-refractivity contribution in [1.29, 1.82) is 0 Å². The predicted octanol–water partition coefficient (Wildman–Crippen LogP) is 3.83. The van der Waals surface area contributed by atoms with Gasteiger partial charge in [-0.3, -0.25) is 4.79 Å². The molecule has 0 N–H and O–H groups in total. The van der Waals surface area contributed by atoms with Crippen molar-refractivity contribution in [3.05, 3.63) is 64.3 Å². The molecular formula is C22H24N2O2. The van der Waals surface area contributed by atoms with Gasteiger partial charge in [-0.05, 0) is 37.6 Å². The van der Waals surface area contributed by atoms with Crippen LogP contribution in [0.25, 0.3) is 22.2 Å². The van der Waals surface area contributed by atoms with Gasteiger partial charge in [0.25, 0.3) is 0 Å². The van der Waals surface area contributed by atoms with Crippen LogP contribution >= 0.6 is 0 Å². The van der Waals surface area contributed by atoms with Gasteiger partial charge < -0.3 is 14.2 Å². The highest BCUT2D eigenvalue weighted by Crippen LogP contribution is 2.28. The molecule has 1 fully saturated rings. The van der Waals surface area contributed by atoms with Crippen LogP contribution in [0.2, 0.25) is 0 Å². The van der Waals surface area contributed by atoms with Gasteiger partial charge in [0.05, 0.1) is 24.4 Å². The normalized spacial score (nSPS) is 14.8. The molecule has 0 amide bonds. The van der Waals surface area contributed by atoms with E-state index >= 15 is 0 Å². The monoisotopic (exact) mass is 348 g/mol. The zero-order valence-electron chi connectivity index (χ0n) is 15.4. The molecule has 26 heavy (non-hydrogen) atoms. The third-order valence-corrected chi connectivity index (χ3v) is 5.22. The SMILES string of the molecule is CCn1c(-c2ccccc2)c(C)c(=O)c2cc(N3CCOCC3)ccc21. The first-order valence-corrected chi connectivity index (χ1v) is 9.26. The summed E-state index contributed by atoms with van der Waals surface area (Å²) in [6, 6.07) is 16.5. The van der Waals surface area contributed by atoms with E-state index < -0.39 is 0 Å². The van der Waals surface area contributed by atoms with Crippen molar-refractivity contribution in [1.82, 2.24) is 4.57 Å². The number of benzene rings is 2. The van der Waals surface area contributed by atoms with Crippen molar-refractivity contribution in [2.45, 2.75) is 20.4 Å². The fourth-order valence-electron chi connectivity index (χ4n) is 3.89. The lowest BCUT2D eigenvalue weighted by molar-refractivity contribution is 0.122. The van der Waals surface area contributed by atoms with Crippen LogP contribution in [0.5, 0.6) is 0 Å². The number of hydrogen-bond donors (Lipinski definition) is 0. The summed E-state index contributed by atoms with van der Waals surface area (Å²) in [7, 11) is 0. The van der Waals surface area contributed by atoms with E-state index in [2.05, 4.69) is 46.7 Å². The Morgan fingerprint density at radius 1 is 1.04 bits per heavy atom. The van der Waals surface area contributed by atoms with Crippen molar-refractivity contribution in [2.24, 2.45) is 0 Å². The van der Waals surface area contributed by atoms with Crippen LogP contribution < -0.4 is 10.3 Å². The van der Waals surface area contributed by atoms with Gasteiger partial charge in [0.1, 0.15) is 0 Å². The topological polar surface area (TPSA) is 34.5 Å². The van der Waals surface area contributed by atoms with E-state index in [9.17, 15) is 4.79 Å². The molecule has 2 aromatic carbocycles. The molecule has 0 spiro atoms. The summed E-state index contributed by atoms with van der Waals surface area (Å²) >= 11 is 0. The number of ether oxygens (including phenoxy) is 1. The van der Waals surface area contributed by atoms with Crippen LogP contribution in [0.1, 0.15) is 12.5 Å². The predicted molar refractivity (Wildman–Crippen MR) is 107 cm³/mol. The highest BCUT2D eigenvalue weighted by atomic mass is 16.5. The molecule has 4 rings (SSSR count). The minimum atomic E-state index is 0.124. The third kappa shape index (κ3) is 2.80. The van der Waals surface area contributed by atoms with E-state index in [1.807, 2.05) is 25.1 Å². The molecule has 4 nitrogen and oxygen atoms in total. The van der Waals surface area contributed by atoms with Gasteiger partial charge in [0.2, 0.25) is 0 Å². The Labute approximate surface area is 153 Å². The van der Waals surface area contributed by atoms with Crippen molar-refractivity contribution >= 4 is 16.6 Å². The number of aromatic nitrogens is 1. The quantitative estimate of drug-likeness (QED) is 0.721. The number of rotatable bonds is 3. The second-order valence-electron chi connectivity index (χ2n) is 6.71. The number of fused-ring (bicyclic) bond motifs is 1. The maximum atomic E-state index is 13.2. The molecule has 0 radical (unpaired) electrons. The lowest BCUT2D eigenvalue weighted by Crippen LogP contribution is -2.36. The van der Waals surface area contributed by atoms with Crippen molar-refractivity contribution in [3.8, 4) is 11.3 Å². The van der Waals surface area contributed by atoms with Crippen LogP contribution in [0.4, 0.5) is 5.69 Å². The van der Waals surface area contributed by atoms with Gasteiger partial charge in [-0.25, -0.2) is 0 Å². The zero-order valence-corrected chi connectivity index (χ0v) is 15.4. The fourth-order valence-corrected chi connectivity index (χ4v) is 3.89. The third-order valence-electron chi connectivity index (χ3n) is 5.22. The van der Waals surface area contributed by atoms with Crippen LogP contribution in [0, 0.1) is 6.92 Å². The van der Waals surface area contributed by atoms with E-state index in [1.165, 1.54) is 0 Å². The molecule has 0 aliphatic carbocycles. The molecule has 0 unspecified atom stereocenters. The van der Waals surface area contributed by atoms with Gasteiger partial charge in [0, 0.05) is 36.3 Å². The molecule has 134 valence electrons. The summed E-state index contributed by atoms with van der Waals surface area (Å²) in [6.45, 7) is 8.11. The van der Waals surface area contributed by atoms with Gasteiger partial charge in [-0.15, -0.1) is 0 Å². The van der Waals surface area contributed by atoms with Crippen LogP contribution in [-0.2, 0) is 11.3 Å². The molecular weight excluding hydrogens is 324 g/mol. The second-order valence-corrected chi connectivity index (χ2v) is 6.71. The molecule has 1 aliphatic rings. The molecule has 3 aromatic rings. The lowest BCUT2D eigenvalue weighted by Gasteiger charge is -2.29. The summed E-state index contributed by atoms with van der Waals surface area (Å²) < 4.78 is 7.70. The van der Waals surface area contributed by atoms with E-state index in [0.717, 1.165) is 66.3 Å². The summed E-state index contributed by atoms with van der Waals surface area (Å²) in [6.07, 6.45) is 0. The largest absolute Gasteiger partial charge is 0.378 e. The Bertz CT molecular complexity index is 986. The second kappa shape index (κ2) is 6.96. The maximum absolute atomic E-state index is 13.2. The van der Waals surface area contributed by atoms with Crippen molar-refractivity contribution in [2.75, 3.05) is 31.2 Å². The first-order chi connectivity index (χ1) is 12.7. The summed E-state index contributed by atoms with van der Waals surface area (Å²) in [5, 5.41) is 0.799. The highest BCUT2D eigenvalue weighted by molar-refractivity contribution is 5.87. The highest BCUT2D eigenvalue weighted by Gasteiger charge is 2.17. The number of hydrogen-bond acceptors (Lipinski definition) is 3. The molecule has 1 aliphatic heterocycles. The van der Waals surface area contributed by atoms with Crippen LogP contribution in [0.3, 0.4) is 0 Å².